The van der Waals surface area contributed by atoms with Crippen molar-refractivity contribution in [3.63, 3.8) is 0 Å². The zero-order valence-electron chi connectivity index (χ0n) is 15.2. The fourth-order valence-corrected chi connectivity index (χ4v) is 3.83. The molecule has 0 atom stereocenters. The number of fused-ring (bicyclic) bond motifs is 1. The first kappa shape index (κ1) is 21.1. The average Bonchev–Trinajstić information content (AvgIpc) is 3.15. The van der Waals surface area contributed by atoms with Crippen LogP contribution in [-0.4, -0.2) is 47.0 Å². The van der Waals surface area contributed by atoms with Gasteiger partial charge in [-0.2, -0.15) is 10.1 Å². The maximum Gasteiger partial charge on any atom is 0.252 e. The number of hydrogen-bond acceptors (Lipinski definition) is 6. The number of amides is 1. The third-order valence-electron chi connectivity index (χ3n) is 4.00. The summed E-state index contributed by atoms with van der Waals surface area (Å²) >= 11 is 5.60. The highest BCUT2D eigenvalue weighted by molar-refractivity contribution is 7.89. The van der Waals surface area contributed by atoms with Crippen LogP contribution in [0.5, 0.6) is 0 Å². The number of nitrogens with one attached hydrogen (secondary N) is 2. The molecule has 0 aliphatic heterocycles. The highest BCUT2D eigenvalue weighted by Gasteiger charge is 2.16. The van der Waals surface area contributed by atoms with Gasteiger partial charge in [0, 0.05) is 31.9 Å². The molecule has 1 aromatic carbocycles. The number of benzene rings is 1. The summed E-state index contributed by atoms with van der Waals surface area (Å²) in [5.41, 5.74) is 0.961. The first-order chi connectivity index (χ1) is 13.8. The van der Waals surface area contributed by atoms with Gasteiger partial charge in [0.25, 0.3) is 5.78 Å². The summed E-state index contributed by atoms with van der Waals surface area (Å²) in [5, 5.41) is 6.45. The number of nitrogens with zero attached hydrogens (tertiary/aromatic N) is 4. The van der Waals surface area contributed by atoms with E-state index in [2.05, 4.69) is 25.1 Å². The van der Waals surface area contributed by atoms with E-state index in [1.54, 1.807) is 10.7 Å². The molecule has 3 aromatic rings. The maximum atomic E-state index is 13.1. The lowest BCUT2D eigenvalue weighted by atomic mass is 10.2. The quantitative estimate of drug-likeness (QED) is 0.485. The predicted molar refractivity (Wildman–Crippen MR) is 103 cm³/mol. The molecule has 154 valence electrons. The van der Waals surface area contributed by atoms with Crippen LogP contribution >= 0.6 is 11.6 Å². The Balaban J connectivity index is 1.37. The van der Waals surface area contributed by atoms with Crippen LogP contribution in [-0.2, 0) is 21.2 Å². The number of halogens is 2. The topological polar surface area (TPSA) is 118 Å². The largest absolute Gasteiger partial charge is 0.356 e. The summed E-state index contributed by atoms with van der Waals surface area (Å²) in [7, 11) is -3.87. The summed E-state index contributed by atoms with van der Waals surface area (Å²) in [6, 6.07) is 3.10. The van der Waals surface area contributed by atoms with Gasteiger partial charge in [-0.3, -0.25) is 4.79 Å². The molecule has 0 saturated carbocycles. The van der Waals surface area contributed by atoms with Gasteiger partial charge in [0.1, 0.15) is 12.1 Å². The van der Waals surface area contributed by atoms with Crippen LogP contribution < -0.4 is 10.0 Å². The smallest absolute Gasteiger partial charge is 0.252 e. The number of carbonyl (C=O) groups is 1. The molecular weight excluding hydrogens is 423 g/mol. The molecule has 0 saturated heterocycles. The highest BCUT2D eigenvalue weighted by Crippen LogP contribution is 2.19. The van der Waals surface area contributed by atoms with Crippen LogP contribution in [0.15, 0.2) is 41.8 Å². The normalized spacial score (nSPS) is 11.7. The molecule has 0 spiro atoms. The lowest BCUT2D eigenvalue weighted by molar-refractivity contribution is -0.120. The molecular formula is C17H18ClFN6O3S. The monoisotopic (exact) mass is 440 g/mol. The van der Waals surface area contributed by atoms with Crippen molar-refractivity contribution < 1.29 is 17.6 Å². The highest BCUT2D eigenvalue weighted by atomic mass is 35.5. The number of rotatable bonds is 9. The number of hydrogen-bond donors (Lipinski definition) is 2. The van der Waals surface area contributed by atoms with E-state index in [-0.39, 0.29) is 28.8 Å². The standard InChI is InChI=1S/C17H18ClFN6O3S/c18-14-8-13(3-4-15(14)19)29(27,28)24-7-5-16(26)20-6-1-2-12-9-21-17-22-11-23-25(17)10-12/h3-4,8-11,24H,1-2,5-7H2,(H,20,26). The first-order valence-electron chi connectivity index (χ1n) is 8.71. The van der Waals surface area contributed by atoms with Crippen molar-refractivity contribution in [1.29, 1.82) is 0 Å². The zero-order valence-corrected chi connectivity index (χ0v) is 16.7. The minimum absolute atomic E-state index is 0.0272. The van der Waals surface area contributed by atoms with Crippen molar-refractivity contribution in [3.05, 3.63) is 53.3 Å². The fraction of sp³-hybridized carbons (Fsp3) is 0.294. The van der Waals surface area contributed by atoms with Gasteiger partial charge < -0.3 is 5.32 Å². The molecule has 0 aliphatic rings. The van der Waals surface area contributed by atoms with Gasteiger partial charge in [-0.05, 0) is 36.6 Å². The van der Waals surface area contributed by atoms with E-state index in [1.807, 2.05) is 6.20 Å². The van der Waals surface area contributed by atoms with Crippen molar-refractivity contribution in [1.82, 2.24) is 29.6 Å². The van der Waals surface area contributed by atoms with Crippen LogP contribution in [0, 0.1) is 5.82 Å². The van der Waals surface area contributed by atoms with Crippen molar-refractivity contribution in [3.8, 4) is 0 Å². The molecule has 3 rings (SSSR count). The molecule has 2 aromatic heterocycles. The molecule has 0 fully saturated rings. The van der Waals surface area contributed by atoms with Gasteiger partial charge in [-0.1, -0.05) is 11.6 Å². The molecule has 29 heavy (non-hydrogen) atoms. The van der Waals surface area contributed by atoms with Crippen molar-refractivity contribution in [2.45, 2.75) is 24.2 Å². The van der Waals surface area contributed by atoms with Gasteiger partial charge in [0.15, 0.2) is 0 Å². The van der Waals surface area contributed by atoms with Crippen molar-refractivity contribution in [2.75, 3.05) is 13.1 Å². The third kappa shape index (κ3) is 5.68. The molecule has 2 heterocycles. The zero-order chi connectivity index (χ0) is 20.9. The minimum atomic E-state index is -3.87. The Kier molecular flexibility index (Phi) is 6.72. The van der Waals surface area contributed by atoms with Crippen LogP contribution in [0.2, 0.25) is 5.02 Å². The Morgan fingerprint density at radius 3 is 2.86 bits per heavy atom. The second-order valence-electron chi connectivity index (χ2n) is 6.14. The molecule has 9 nitrogen and oxygen atoms in total. The fourth-order valence-electron chi connectivity index (χ4n) is 2.52. The summed E-state index contributed by atoms with van der Waals surface area (Å²) in [4.78, 5) is 19.8. The molecule has 2 N–H and O–H groups in total. The van der Waals surface area contributed by atoms with Gasteiger partial charge in [-0.25, -0.2) is 27.0 Å². The number of sulfonamides is 1. The summed E-state index contributed by atoms with van der Waals surface area (Å²) in [6.45, 7) is 0.352. The second kappa shape index (κ2) is 9.25. The SMILES string of the molecule is O=C(CCNS(=O)(=O)c1ccc(F)c(Cl)c1)NCCCc1cnc2ncnn2c1. The Morgan fingerprint density at radius 2 is 2.07 bits per heavy atom. The Hall–Kier alpha value is -2.63. The molecule has 0 unspecified atom stereocenters. The Bertz CT molecular complexity index is 1120. The first-order valence-corrected chi connectivity index (χ1v) is 10.6. The van der Waals surface area contributed by atoms with E-state index in [0.717, 1.165) is 23.8 Å². The van der Waals surface area contributed by atoms with Gasteiger partial charge >= 0.3 is 0 Å². The molecule has 0 aliphatic carbocycles. The maximum absolute atomic E-state index is 13.1. The predicted octanol–water partition coefficient (Wildman–Crippen LogP) is 1.33. The summed E-state index contributed by atoms with van der Waals surface area (Å²) < 4.78 is 41.3. The number of aryl methyl sites for hydroxylation is 1. The van der Waals surface area contributed by atoms with Crippen LogP contribution in [0.4, 0.5) is 4.39 Å². The van der Waals surface area contributed by atoms with Crippen molar-refractivity contribution >= 4 is 33.3 Å². The second-order valence-corrected chi connectivity index (χ2v) is 8.32. The van der Waals surface area contributed by atoms with E-state index in [4.69, 9.17) is 11.6 Å². The van der Waals surface area contributed by atoms with Crippen LogP contribution in [0.3, 0.4) is 0 Å². The van der Waals surface area contributed by atoms with E-state index in [0.29, 0.717) is 25.2 Å². The molecule has 0 radical (unpaired) electrons. The third-order valence-corrected chi connectivity index (χ3v) is 5.75. The van der Waals surface area contributed by atoms with Crippen molar-refractivity contribution in [2.24, 2.45) is 0 Å². The lowest BCUT2D eigenvalue weighted by Crippen LogP contribution is -2.31. The van der Waals surface area contributed by atoms with Crippen LogP contribution in [0.1, 0.15) is 18.4 Å². The number of carbonyl (C=O) groups excluding carboxylic acids is 1. The van der Waals surface area contributed by atoms with Gasteiger partial charge in [0.2, 0.25) is 15.9 Å². The average molecular weight is 441 g/mol. The van der Waals surface area contributed by atoms with E-state index >= 15 is 0 Å². The lowest BCUT2D eigenvalue weighted by Gasteiger charge is -2.08. The Morgan fingerprint density at radius 1 is 1.24 bits per heavy atom. The summed E-state index contributed by atoms with van der Waals surface area (Å²) in [6.07, 6.45) is 6.32. The van der Waals surface area contributed by atoms with Gasteiger partial charge in [-0.15, -0.1) is 0 Å². The van der Waals surface area contributed by atoms with Crippen LogP contribution in [0.25, 0.3) is 5.78 Å². The minimum Gasteiger partial charge on any atom is -0.356 e. The molecule has 12 heteroatoms. The molecule has 1 amide bonds. The van der Waals surface area contributed by atoms with E-state index < -0.39 is 15.8 Å². The Labute approximate surface area is 171 Å². The van der Waals surface area contributed by atoms with E-state index in [1.165, 1.54) is 6.33 Å². The number of aromatic nitrogens is 4. The van der Waals surface area contributed by atoms with E-state index in [9.17, 15) is 17.6 Å². The van der Waals surface area contributed by atoms with Gasteiger partial charge in [0.05, 0.1) is 9.92 Å². The molecule has 0 bridgehead atoms. The summed E-state index contributed by atoms with van der Waals surface area (Å²) in [5.74, 6) is -0.468.